The first-order valence-electron chi connectivity index (χ1n) is 19.9. The summed E-state index contributed by atoms with van der Waals surface area (Å²) in [5.41, 5.74) is 14.6. The van der Waals surface area contributed by atoms with Crippen molar-refractivity contribution in [2.24, 2.45) is 0 Å². The lowest BCUT2D eigenvalue weighted by atomic mass is 9.81. The van der Waals surface area contributed by atoms with Crippen LogP contribution in [0.25, 0.3) is 104 Å². The lowest BCUT2D eigenvalue weighted by molar-refractivity contribution is 0.661. The first-order valence-corrected chi connectivity index (χ1v) is 20.7. The molecular weight excluding hydrogens is 693 g/mol. The van der Waals surface area contributed by atoms with Gasteiger partial charge in [-0.05, 0) is 135 Å². The fourth-order valence-corrected chi connectivity index (χ4v) is 11.4. The lowest BCUT2D eigenvalue weighted by Crippen LogP contribution is -2.15. The molecule has 0 nitrogen and oxygen atoms in total. The quantitative estimate of drug-likeness (QED) is 0.159. The largest absolute Gasteiger partial charge is 0.140 e. The van der Waals surface area contributed by atoms with Crippen molar-refractivity contribution >= 4 is 70.6 Å². The zero-order valence-corrected chi connectivity index (χ0v) is 32.3. The highest BCUT2D eigenvalue weighted by molar-refractivity contribution is 7.19. The monoisotopic (exact) mass is 730 g/mol. The minimum absolute atomic E-state index is 0.0924. The molecule has 0 atom stereocenters. The summed E-state index contributed by atoms with van der Waals surface area (Å²) < 4.78 is 1.41. The highest BCUT2D eigenvalue weighted by Gasteiger charge is 2.37. The second kappa shape index (κ2) is 11.9. The maximum absolute atomic E-state index is 2.49. The molecule has 9 aromatic carbocycles. The van der Waals surface area contributed by atoms with Gasteiger partial charge in [0, 0.05) is 20.4 Å². The number of hydrogen-bond donors (Lipinski definition) is 0. The Hall–Kier alpha value is -6.28. The number of benzene rings is 9. The van der Waals surface area contributed by atoms with Crippen LogP contribution in [0.2, 0.25) is 0 Å². The summed E-state index contributed by atoms with van der Waals surface area (Å²) in [5, 5.41) is 11.8. The standard InChI is InChI=1S/C55H38S/c1-55(2)48-29-27-37-30-47-39-15-9-10-21-50(39)56-51(47)32-46(37)54(48)45-28-26-36(31-49(45)55)33-22-24-35(25-23-33)52-41-16-5-7-18-43(41)53(44-19-8-6-17-42(44)52)40-20-11-13-34-12-3-4-14-38(34)40/h3-9,11-20,22-32H,10,21H2,1-2H3. The van der Waals surface area contributed by atoms with Gasteiger partial charge in [-0.3, -0.25) is 0 Å². The Morgan fingerprint density at radius 3 is 1.88 bits per heavy atom. The van der Waals surface area contributed by atoms with Gasteiger partial charge in [-0.1, -0.05) is 166 Å². The van der Waals surface area contributed by atoms with Crippen molar-refractivity contribution in [3.05, 3.63) is 185 Å². The van der Waals surface area contributed by atoms with Crippen molar-refractivity contribution in [1.29, 1.82) is 0 Å². The van der Waals surface area contributed by atoms with E-state index in [4.69, 9.17) is 0 Å². The molecule has 0 spiro atoms. The molecule has 1 heterocycles. The molecule has 0 amide bonds. The molecule has 0 saturated carbocycles. The van der Waals surface area contributed by atoms with Crippen LogP contribution in [0.4, 0.5) is 0 Å². The predicted octanol–water partition coefficient (Wildman–Crippen LogP) is 15.8. The molecule has 0 fully saturated rings. The van der Waals surface area contributed by atoms with Gasteiger partial charge >= 0.3 is 0 Å². The molecule has 10 aromatic rings. The van der Waals surface area contributed by atoms with Gasteiger partial charge in [-0.2, -0.15) is 0 Å². The van der Waals surface area contributed by atoms with Crippen LogP contribution < -0.4 is 0 Å². The molecule has 2 aliphatic rings. The Morgan fingerprint density at radius 1 is 0.446 bits per heavy atom. The van der Waals surface area contributed by atoms with Gasteiger partial charge in [0.05, 0.1) is 0 Å². The Balaban J connectivity index is 0.978. The van der Waals surface area contributed by atoms with Crippen molar-refractivity contribution in [1.82, 2.24) is 0 Å². The van der Waals surface area contributed by atoms with E-state index in [2.05, 4.69) is 184 Å². The highest BCUT2D eigenvalue weighted by Crippen LogP contribution is 2.53. The summed E-state index contributed by atoms with van der Waals surface area (Å²) in [6.45, 7) is 4.81. The highest BCUT2D eigenvalue weighted by atomic mass is 32.1. The smallest absolute Gasteiger partial charge is 0.0358 e. The summed E-state index contributed by atoms with van der Waals surface area (Å²) in [4.78, 5) is 1.53. The molecule has 0 aliphatic heterocycles. The van der Waals surface area contributed by atoms with E-state index in [1.165, 1.54) is 119 Å². The summed E-state index contributed by atoms with van der Waals surface area (Å²) >= 11 is 1.99. The number of allylic oxidation sites excluding steroid dienone is 1. The van der Waals surface area contributed by atoms with Crippen molar-refractivity contribution < 1.29 is 0 Å². The Bertz CT molecular complexity index is 3250. The Morgan fingerprint density at radius 2 is 1.11 bits per heavy atom. The van der Waals surface area contributed by atoms with Crippen LogP contribution in [-0.2, 0) is 11.8 Å². The van der Waals surface area contributed by atoms with Gasteiger partial charge < -0.3 is 0 Å². The molecule has 0 N–H and O–H groups in total. The van der Waals surface area contributed by atoms with Crippen molar-refractivity contribution in [3.63, 3.8) is 0 Å². The first kappa shape index (κ1) is 32.0. The SMILES string of the molecule is CC1(C)c2cc(-c3ccc(-c4c5ccccc5c(-c5cccc6ccccc56)c5ccccc45)cc3)ccc2-c2c1ccc1cc3c4c(sc3cc21)CCC=C4. The molecule has 0 radical (unpaired) electrons. The minimum Gasteiger partial charge on any atom is -0.140 e. The van der Waals surface area contributed by atoms with Crippen LogP contribution in [0.5, 0.6) is 0 Å². The number of rotatable bonds is 3. The number of aryl methyl sites for hydroxylation is 1. The van der Waals surface area contributed by atoms with E-state index in [0.717, 1.165) is 12.8 Å². The van der Waals surface area contributed by atoms with E-state index in [1.807, 2.05) is 11.3 Å². The predicted molar refractivity (Wildman–Crippen MR) is 243 cm³/mol. The molecule has 0 bridgehead atoms. The average molecular weight is 731 g/mol. The van der Waals surface area contributed by atoms with Gasteiger partial charge in [-0.25, -0.2) is 0 Å². The van der Waals surface area contributed by atoms with E-state index in [1.54, 1.807) is 0 Å². The summed E-state index contributed by atoms with van der Waals surface area (Å²) in [5.74, 6) is 0. The lowest BCUT2D eigenvalue weighted by Gasteiger charge is -2.22. The Labute approximate surface area is 331 Å². The minimum atomic E-state index is -0.0924. The average Bonchev–Trinajstić information content (AvgIpc) is 3.72. The molecule has 0 saturated heterocycles. The molecular formula is C55H38S. The van der Waals surface area contributed by atoms with Gasteiger partial charge in [0.15, 0.2) is 0 Å². The van der Waals surface area contributed by atoms with Crippen molar-refractivity contribution in [2.45, 2.75) is 32.1 Å². The van der Waals surface area contributed by atoms with Crippen LogP contribution in [0.3, 0.4) is 0 Å². The van der Waals surface area contributed by atoms with Crippen molar-refractivity contribution in [3.8, 4) is 44.5 Å². The van der Waals surface area contributed by atoms with Gasteiger partial charge in [-0.15, -0.1) is 11.3 Å². The van der Waals surface area contributed by atoms with Gasteiger partial charge in [0.1, 0.15) is 0 Å². The van der Waals surface area contributed by atoms with E-state index in [9.17, 15) is 0 Å². The third-order valence-corrected chi connectivity index (χ3v) is 14.1. The third kappa shape index (κ3) is 4.53. The molecule has 12 rings (SSSR count). The number of hydrogen-bond acceptors (Lipinski definition) is 1. The summed E-state index contributed by atoms with van der Waals surface area (Å²) in [7, 11) is 0. The summed E-state index contributed by atoms with van der Waals surface area (Å²) in [6, 6.07) is 59.6. The maximum atomic E-state index is 2.49. The Kier molecular flexibility index (Phi) is 6.78. The molecule has 1 heteroatoms. The van der Waals surface area contributed by atoms with Gasteiger partial charge in [0.25, 0.3) is 0 Å². The molecule has 0 unspecified atom stereocenters. The van der Waals surface area contributed by atoms with Crippen LogP contribution >= 0.6 is 11.3 Å². The second-order valence-electron chi connectivity index (χ2n) is 16.3. The zero-order chi connectivity index (χ0) is 37.1. The second-order valence-corrected chi connectivity index (χ2v) is 17.4. The van der Waals surface area contributed by atoms with Crippen LogP contribution in [0.15, 0.2) is 164 Å². The number of fused-ring (bicyclic) bond motifs is 11. The number of thiophene rings is 1. The van der Waals surface area contributed by atoms with E-state index in [-0.39, 0.29) is 5.41 Å². The molecule has 264 valence electrons. The van der Waals surface area contributed by atoms with Crippen LogP contribution in [-0.4, -0.2) is 0 Å². The fraction of sp³-hybridized carbons (Fsp3) is 0.0909. The van der Waals surface area contributed by atoms with E-state index >= 15 is 0 Å². The molecule has 56 heavy (non-hydrogen) atoms. The van der Waals surface area contributed by atoms with Crippen molar-refractivity contribution in [2.75, 3.05) is 0 Å². The zero-order valence-electron chi connectivity index (χ0n) is 31.5. The maximum Gasteiger partial charge on any atom is 0.0358 e. The van der Waals surface area contributed by atoms with E-state index in [0.29, 0.717) is 0 Å². The fourth-order valence-electron chi connectivity index (χ4n) is 10.2. The molecule has 2 aliphatic carbocycles. The third-order valence-electron chi connectivity index (χ3n) is 12.9. The topological polar surface area (TPSA) is 0 Å². The van der Waals surface area contributed by atoms with Crippen LogP contribution in [0.1, 0.15) is 41.8 Å². The molecule has 1 aromatic heterocycles. The van der Waals surface area contributed by atoms with E-state index < -0.39 is 0 Å². The normalized spacial score (nSPS) is 14.2. The van der Waals surface area contributed by atoms with Gasteiger partial charge in [0.2, 0.25) is 0 Å². The van der Waals surface area contributed by atoms with Crippen LogP contribution in [0, 0.1) is 0 Å². The first-order chi connectivity index (χ1) is 27.5. The summed E-state index contributed by atoms with van der Waals surface area (Å²) in [6.07, 6.45) is 6.98.